The normalized spacial score (nSPS) is 15.4. The number of hydrogen-bond acceptors (Lipinski definition) is 5. The molecular weight excluding hydrogens is 441 g/mol. The molecule has 0 aliphatic carbocycles. The van der Waals surface area contributed by atoms with E-state index in [1.165, 1.54) is 6.08 Å². The molecule has 1 aliphatic heterocycles. The van der Waals surface area contributed by atoms with E-state index >= 15 is 0 Å². The lowest BCUT2D eigenvalue weighted by molar-refractivity contribution is -0.122. The third kappa shape index (κ3) is 4.47. The van der Waals surface area contributed by atoms with E-state index in [1.54, 1.807) is 36.5 Å². The SMILES string of the molecule is O=C(NCCN1C(=O)S/C(=C\c2cccc(Cl)c2Cl)C1=O)c1ccc[nH]c1=S. The molecule has 1 aromatic heterocycles. The first-order chi connectivity index (χ1) is 13.4. The summed E-state index contributed by atoms with van der Waals surface area (Å²) in [4.78, 5) is 40.9. The van der Waals surface area contributed by atoms with Crippen molar-refractivity contribution in [3.63, 3.8) is 0 Å². The number of halogens is 2. The molecule has 3 amide bonds. The second-order valence-electron chi connectivity index (χ2n) is 5.65. The average molecular weight is 454 g/mol. The second-order valence-corrected chi connectivity index (χ2v) is 7.83. The Bertz CT molecular complexity index is 1050. The van der Waals surface area contributed by atoms with E-state index < -0.39 is 11.1 Å². The summed E-state index contributed by atoms with van der Waals surface area (Å²) in [5, 5.41) is 2.90. The van der Waals surface area contributed by atoms with Crippen LogP contribution in [0.15, 0.2) is 41.4 Å². The fraction of sp³-hybridized carbons (Fsp3) is 0.111. The van der Waals surface area contributed by atoms with Crippen LogP contribution in [0.3, 0.4) is 0 Å². The van der Waals surface area contributed by atoms with Crippen LogP contribution < -0.4 is 5.32 Å². The maximum Gasteiger partial charge on any atom is 0.293 e. The van der Waals surface area contributed by atoms with Crippen LogP contribution in [0.1, 0.15) is 15.9 Å². The summed E-state index contributed by atoms with van der Waals surface area (Å²) in [5.74, 6) is -0.827. The Hall–Kier alpha value is -2.13. The predicted molar refractivity (Wildman–Crippen MR) is 113 cm³/mol. The Morgan fingerprint density at radius 2 is 2.04 bits per heavy atom. The van der Waals surface area contributed by atoms with Crippen molar-refractivity contribution in [3.05, 3.63) is 67.2 Å². The molecule has 2 heterocycles. The highest BCUT2D eigenvalue weighted by molar-refractivity contribution is 8.18. The number of aromatic amines is 1. The van der Waals surface area contributed by atoms with Crippen LogP contribution >= 0.6 is 47.2 Å². The summed E-state index contributed by atoms with van der Waals surface area (Å²) in [6.07, 6.45) is 3.15. The Labute approximate surface area is 179 Å². The Morgan fingerprint density at radius 3 is 2.79 bits per heavy atom. The Balaban J connectivity index is 1.65. The molecule has 0 saturated carbocycles. The number of aromatic nitrogens is 1. The number of H-pyrrole nitrogens is 1. The molecule has 1 fully saturated rings. The van der Waals surface area contributed by atoms with Gasteiger partial charge in [-0.2, -0.15) is 0 Å². The summed E-state index contributed by atoms with van der Waals surface area (Å²) in [7, 11) is 0. The van der Waals surface area contributed by atoms with Crippen LogP contribution in [0.2, 0.25) is 10.0 Å². The standard InChI is InChI=1S/C18H13Cl2N3O3S2/c19-12-5-1-3-10(14(12)20)9-13-17(25)23(18(26)28-13)8-7-21-15(24)11-4-2-6-22-16(11)27/h1-6,9H,7-8H2,(H,21,24)(H,22,27)/b13-9-. The number of rotatable bonds is 5. The minimum atomic E-state index is -0.447. The predicted octanol–water partition coefficient (Wildman–Crippen LogP) is 4.52. The minimum Gasteiger partial charge on any atom is -0.352 e. The third-order valence-electron chi connectivity index (χ3n) is 3.83. The zero-order chi connectivity index (χ0) is 20.3. The highest BCUT2D eigenvalue weighted by atomic mass is 35.5. The molecule has 1 aliphatic rings. The van der Waals surface area contributed by atoms with E-state index in [1.807, 2.05) is 0 Å². The molecule has 28 heavy (non-hydrogen) atoms. The van der Waals surface area contributed by atoms with Gasteiger partial charge in [-0.1, -0.05) is 47.6 Å². The van der Waals surface area contributed by atoms with Gasteiger partial charge in [0.05, 0.1) is 20.5 Å². The molecule has 10 heteroatoms. The maximum atomic E-state index is 12.5. The van der Waals surface area contributed by atoms with Gasteiger partial charge in [0.1, 0.15) is 4.64 Å². The number of amides is 3. The van der Waals surface area contributed by atoms with Crippen molar-refractivity contribution in [1.29, 1.82) is 0 Å². The van der Waals surface area contributed by atoms with Gasteiger partial charge in [0.15, 0.2) is 0 Å². The molecule has 2 aromatic rings. The van der Waals surface area contributed by atoms with Crippen molar-refractivity contribution in [2.75, 3.05) is 13.1 Å². The van der Waals surface area contributed by atoms with Gasteiger partial charge >= 0.3 is 0 Å². The van der Waals surface area contributed by atoms with Crippen LogP contribution in [0.4, 0.5) is 4.79 Å². The quantitative estimate of drug-likeness (QED) is 0.513. The van der Waals surface area contributed by atoms with Gasteiger partial charge < -0.3 is 10.3 Å². The molecule has 3 rings (SSSR count). The third-order valence-corrected chi connectivity index (χ3v) is 5.90. The number of benzene rings is 1. The van der Waals surface area contributed by atoms with Crippen molar-refractivity contribution < 1.29 is 14.4 Å². The van der Waals surface area contributed by atoms with Gasteiger partial charge in [-0.15, -0.1) is 0 Å². The van der Waals surface area contributed by atoms with E-state index in [0.717, 1.165) is 16.7 Å². The number of nitrogens with zero attached hydrogens (tertiary/aromatic N) is 1. The molecule has 0 spiro atoms. The number of pyridine rings is 1. The van der Waals surface area contributed by atoms with Gasteiger partial charge in [-0.3, -0.25) is 19.3 Å². The zero-order valence-corrected chi connectivity index (χ0v) is 17.3. The smallest absolute Gasteiger partial charge is 0.293 e. The van der Waals surface area contributed by atoms with Crippen molar-refractivity contribution in [2.45, 2.75) is 0 Å². The van der Waals surface area contributed by atoms with E-state index in [-0.39, 0.29) is 23.9 Å². The van der Waals surface area contributed by atoms with Crippen LogP contribution in [-0.2, 0) is 4.79 Å². The lowest BCUT2D eigenvalue weighted by atomic mass is 10.2. The summed E-state index contributed by atoms with van der Waals surface area (Å²) >= 11 is 18.0. The summed E-state index contributed by atoms with van der Waals surface area (Å²) in [6.45, 7) is 0.145. The topological polar surface area (TPSA) is 82.3 Å². The van der Waals surface area contributed by atoms with Crippen molar-refractivity contribution in [3.8, 4) is 0 Å². The largest absolute Gasteiger partial charge is 0.352 e. The van der Waals surface area contributed by atoms with Gasteiger partial charge in [0, 0.05) is 19.3 Å². The lowest BCUT2D eigenvalue weighted by Gasteiger charge is -2.13. The fourth-order valence-corrected chi connectivity index (χ4v) is 3.89. The molecular formula is C18H13Cl2N3O3S2. The van der Waals surface area contributed by atoms with Crippen LogP contribution in [0.5, 0.6) is 0 Å². The molecule has 144 valence electrons. The van der Waals surface area contributed by atoms with Gasteiger partial charge in [0.2, 0.25) is 0 Å². The molecule has 0 atom stereocenters. The Kier molecular flexibility index (Phi) is 6.56. The summed E-state index contributed by atoms with van der Waals surface area (Å²) in [6, 6.07) is 8.28. The molecule has 0 bridgehead atoms. The Morgan fingerprint density at radius 1 is 1.25 bits per heavy atom. The van der Waals surface area contributed by atoms with Crippen LogP contribution in [0, 0.1) is 4.64 Å². The maximum absolute atomic E-state index is 12.5. The first-order valence-electron chi connectivity index (χ1n) is 8.04. The fourth-order valence-electron chi connectivity index (χ4n) is 2.44. The van der Waals surface area contributed by atoms with Gasteiger partial charge in [-0.05, 0) is 41.6 Å². The van der Waals surface area contributed by atoms with Gasteiger partial charge in [-0.25, -0.2) is 0 Å². The highest BCUT2D eigenvalue weighted by Crippen LogP contribution is 2.34. The van der Waals surface area contributed by atoms with E-state index in [0.29, 0.717) is 25.8 Å². The number of carbonyl (C=O) groups excluding carboxylic acids is 3. The molecule has 2 N–H and O–H groups in total. The molecule has 6 nitrogen and oxygen atoms in total. The lowest BCUT2D eigenvalue weighted by Crippen LogP contribution is -2.37. The highest BCUT2D eigenvalue weighted by Gasteiger charge is 2.34. The molecule has 1 aromatic carbocycles. The summed E-state index contributed by atoms with van der Waals surface area (Å²) in [5.41, 5.74) is 0.869. The second kappa shape index (κ2) is 8.91. The van der Waals surface area contributed by atoms with Gasteiger partial charge in [0.25, 0.3) is 17.1 Å². The van der Waals surface area contributed by atoms with E-state index in [2.05, 4.69) is 10.3 Å². The number of thioether (sulfide) groups is 1. The minimum absolute atomic E-state index is 0.0420. The van der Waals surface area contributed by atoms with Crippen LogP contribution in [-0.4, -0.2) is 40.0 Å². The number of nitrogens with one attached hydrogen (secondary N) is 2. The van der Waals surface area contributed by atoms with Crippen molar-refractivity contribution in [1.82, 2.24) is 15.2 Å². The molecule has 1 saturated heterocycles. The monoisotopic (exact) mass is 453 g/mol. The van der Waals surface area contributed by atoms with E-state index in [9.17, 15) is 14.4 Å². The zero-order valence-electron chi connectivity index (χ0n) is 14.2. The molecule has 0 radical (unpaired) electrons. The number of carbonyl (C=O) groups is 3. The summed E-state index contributed by atoms with van der Waals surface area (Å²) < 4.78 is 0.313. The number of hydrogen-bond donors (Lipinski definition) is 2. The number of imide groups is 1. The average Bonchev–Trinajstić information content (AvgIpc) is 2.93. The first kappa shape index (κ1) is 20.6. The van der Waals surface area contributed by atoms with E-state index in [4.69, 9.17) is 35.4 Å². The van der Waals surface area contributed by atoms with Crippen molar-refractivity contribution >= 4 is 70.3 Å². The van der Waals surface area contributed by atoms with Crippen molar-refractivity contribution in [2.24, 2.45) is 0 Å². The van der Waals surface area contributed by atoms with Crippen LogP contribution in [0.25, 0.3) is 6.08 Å². The first-order valence-corrected chi connectivity index (χ1v) is 10.0. The molecule has 0 unspecified atom stereocenters.